The third-order valence-electron chi connectivity index (χ3n) is 2.28. The highest BCUT2D eigenvalue weighted by molar-refractivity contribution is 9.10. The SMILES string of the molecule is O=Nc1c(Br)cccc1OCc1ccccc1. The maximum atomic E-state index is 10.7. The van der Waals surface area contributed by atoms with E-state index >= 15 is 0 Å². The quantitative estimate of drug-likeness (QED) is 0.782. The van der Waals surface area contributed by atoms with Crippen molar-refractivity contribution in [1.82, 2.24) is 0 Å². The van der Waals surface area contributed by atoms with Gasteiger partial charge in [0.15, 0.2) is 5.69 Å². The third-order valence-corrected chi connectivity index (χ3v) is 2.92. The molecule has 0 unspecified atom stereocenters. The smallest absolute Gasteiger partial charge is 0.164 e. The Labute approximate surface area is 108 Å². The molecule has 0 aliphatic carbocycles. The maximum Gasteiger partial charge on any atom is 0.164 e. The number of hydrogen-bond acceptors (Lipinski definition) is 3. The molecule has 0 N–H and O–H groups in total. The molecule has 0 radical (unpaired) electrons. The van der Waals surface area contributed by atoms with Crippen LogP contribution in [0.5, 0.6) is 5.75 Å². The fourth-order valence-corrected chi connectivity index (χ4v) is 1.86. The summed E-state index contributed by atoms with van der Waals surface area (Å²) in [5, 5.41) is 2.96. The molecule has 0 atom stereocenters. The lowest BCUT2D eigenvalue weighted by molar-refractivity contribution is 0.307. The predicted molar refractivity (Wildman–Crippen MR) is 70.4 cm³/mol. The van der Waals surface area contributed by atoms with Crippen molar-refractivity contribution in [1.29, 1.82) is 0 Å². The van der Waals surface area contributed by atoms with E-state index in [1.165, 1.54) is 0 Å². The van der Waals surface area contributed by atoms with Crippen LogP contribution in [0.15, 0.2) is 58.2 Å². The maximum absolute atomic E-state index is 10.7. The summed E-state index contributed by atoms with van der Waals surface area (Å²) < 4.78 is 6.21. The van der Waals surface area contributed by atoms with E-state index in [1.54, 1.807) is 18.2 Å². The molecular weight excluding hydrogens is 282 g/mol. The predicted octanol–water partition coefficient (Wildman–Crippen LogP) is 4.43. The van der Waals surface area contributed by atoms with Crippen LogP contribution in [-0.4, -0.2) is 0 Å². The summed E-state index contributed by atoms with van der Waals surface area (Å²) in [6, 6.07) is 15.0. The second-order valence-corrected chi connectivity index (χ2v) is 4.31. The minimum absolute atomic E-state index is 0.295. The molecule has 0 aliphatic rings. The monoisotopic (exact) mass is 291 g/mol. The molecule has 0 fully saturated rings. The van der Waals surface area contributed by atoms with Gasteiger partial charge >= 0.3 is 0 Å². The highest BCUT2D eigenvalue weighted by atomic mass is 79.9. The molecule has 0 aromatic heterocycles. The van der Waals surface area contributed by atoms with Crippen molar-refractivity contribution in [2.75, 3.05) is 0 Å². The van der Waals surface area contributed by atoms with Crippen molar-refractivity contribution in [3.63, 3.8) is 0 Å². The third kappa shape index (κ3) is 2.91. The molecule has 0 saturated heterocycles. The molecular formula is C13H10BrNO2. The van der Waals surface area contributed by atoms with Crippen LogP contribution in [0.4, 0.5) is 5.69 Å². The molecule has 2 aromatic rings. The number of nitroso groups, excluding NO2 is 1. The standard InChI is InChI=1S/C13H10BrNO2/c14-11-7-4-8-12(13(11)15-16)17-9-10-5-2-1-3-6-10/h1-8H,9H2. The molecule has 4 heteroatoms. The first-order valence-electron chi connectivity index (χ1n) is 5.10. The van der Waals surface area contributed by atoms with Gasteiger partial charge < -0.3 is 4.74 Å². The average Bonchev–Trinajstić information content (AvgIpc) is 2.37. The number of halogens is 1. The molecule has 0 saturated carbocycles. The fraction of sp³-hybridized carbons (Fsp3) is 0.0769. The van der Waals surface area contributed by atoms with Crippen LogP contribution in [0.1, 0.15) is 5.56 Å². The zero-order valence-electron chi connectivity index (χ0n) is 8.97. The molecule has 0 heterocycles. The van der Waals surface area contributed by atoms with Crippen LogP contribution >= 0.6 is 15.9 Å². The summed E-state index contributed by atoms with van der Waals surface area (Å²) in [5.74, 6) is 0.484. The largest absolute Gasteiger partial charge is 0.486 e. The summed E-state index contributed by atoms with van der Waals surface area (Å²) in [6.45, 7) is 0.416. The van der Waals surface area contributed by atoms with Gasteiger partial charge in [0, 0.05) is 0 Å². The second-order valence-electron chi connectivity index (χ2n) is 3.45. The van der Waals surface area contributed by atoms with Gasteiger partial charge in [0.2, 0.25) is 0 Å². The topological polar surface area (TPSA) is 38.7 Å². The minimum Gasteiger partial charge on any atom is -0.486 e. The zero-order valence-corrected chi connectivity index (χ0v) is 10.6. The van der Waals surface area contributed by atoms with Crippen molar-refractivity contribution in [2.45, 2.75) is 6.61 Å². The van der Waals surface area contributed by atoms with Gasteiger partial charge in [-0.1, -0.05) is 36.4 Å². The van der Waals surface area contributed by atoms with E-state index < -0.39 is 0 Å². The Morgan fingerprint density at radius 1 is 1.06 bits per heavy atom. The van der Waals surface area contributed by atoms with Gasteiger partial charge in [0.25, 0.3) is 0 Å². The van der Waals surface area contributed by atoms with Crippen LogP contribution in [-0.2, 0) is 6.61 Å². The Kier molecular flexibility index (Phi) is 3.88. The second kappa shape index (κ2) is 5.59. The molecule has 2 aromatic carbocycles. The van der Waals surface area contributed by atoms with Crippen molar-refractivity contribution >= 4 is 21.6 Å². The zero-order chi connectivity index (χ0) is 12.1. The summed E-state index contributed by atoms with van der Waals surface area (Å²) in [6.07, 6.45) is 0. The van der Waals surface area contributed by atoms with Gasteiger partial charge in [-0.2, -0.15) is 0 Å². The van der Waals surface area contributed by atoms with Gasteiger partial charge in [-0.05, 0) is 38.8 Å². The highest BCUT2D eigenvalue weighted by Gasteiger charge is 2.08. The number of nitrogens with zero attached hydrogens (tertiary/aromatic N) is 1. The number of ether oxygens (including phenoxy) is 1. The summed E-state index contributed by atoms with van der Waals surface area (Å²) in [5.41, 5.74) is 1.34. The minimum atomic E-state index is 0.295. The first-order chi connectivity index (χ1) is 8.31. The van der Waals surface area contributed by atoms with E-state index in [9.17, 15) is 4.91 Å². The molecule has 0 aliphatic heterocycles. The van der Waals surface area contributed by atoms with E-state index in [-0.39, 0.29) is 0 Å². The number of benzene rings is 2. The summed E-state index contributed by atoms with van der Waals surface area (Å²) >= 11 is 3.26. The summed E-state index contributed by atoms with van der Waals surface area (Å²) in [7, 11) is 0. The Morgan fingerprint density at radius 2 is 1.82 bits per heavy atom. The lowest BCUT2D eigenvalue weighted by Crippen LogP contribution is -1.95. The fourth-order valence-electron chi connectivity index (χ4n) is 1.44. The van der Waals surface area contributed by atoms with E-state index in [2.05, 4.69) is 21.1 Å². The lowest BCUT2D eigenvalue weighted by atomic mass is 10.2. The normalized spacial score (nSPS) is 9.94. The molecule has 2 rings (SSSR count). The average molecular weight is 292 g/mol. The summed E-state index contributed by atoms with van der Waals surface area (Å²) in [4.78, 5) is 10.7. The van der Waals surface area contributed by atoms with Crippen molar-refractivity contribution in [2.24, 2.45) is 5.18 Å². The van der Waals surface area contributed by atoms with Crippen molar-refractivity contribution in [3.8, 4) is 5.75 Å². The number of hydrogen-bond donors (Lipinski definition) is 0. The number of rotatable bonds is 4. The molecule has 0 bridgehead atoms. The van der Waals surface area contributed by atoms with Gasteiger partial charge in [0.05, 0.1) is 4.47 Å². The molecule has 17 heavy (non-hydrogen) atoms. The van der Waals surface area contributed by atoms with Crippen LogP contribution in [0, 0.1) is 4.91 Å². The molecule has 86 valence electrons. The molecule has 3 nitrogen and oxygen atoms in total. The Hall–Kier alpha value is -1.68. The highest BCUT2D eigenvalue weighted by Crippen LogP contribution is 2.35. The first kappa shape index (κ1) is 11.8. The molecule has 0 spiro atoms. The first-order valence-corrected chi connectivity index (χ1v) is 5.89. The Bertz CT molecular complexity index is 514. The van der Waals surface area contributed by atoms with Gasteiger partial charge in [0.1, 0.15) is 12.4 Å². The van der Waals surface area contributed by atoms with E-state index in [1.807, 2.05) is 30.3 Å². The van der Waals surface area contributed by atoms with E-state index in [4.69, 9.17) is 4.74 Å². The van der Waals surface area contributed by atoms with E-state index in [0.717, 1.165) is 5.56 Å². The molecule has 0 amide bonds. The van der Waals surface area contributed by atoms with Gasteiger partial charge in [-0.15, -0.1) is 4.91 Å². The van der Waals surface area contributed by atoms with Crippen LogP contribution in [0.25, 0.3) is 0 Å². The van der Waals surface area contributed by atoms with Crippen LogP contribution in [0.2, 0.25) is 0 Å². The Morgan fingerprint density at radius 3 is 2.53 bits per heavy atom. The van der Waals surface area contributed by atoms with Crippen LogP contribution in [0.3, 0.4) is 0 Å². The van der Waals surface area contributed by atoms with Crippen molar-refractivity contribution in [3.05, 3.63) is 63.5 Å². The van der Waals surface area contributed by atoms with E-state index in [0.29, 0.717) is 22.5 Å². The van der Waals surface area contributed by atoms with Gasteiger partial charge in [-0.25, -0.2) is 0 Å². The lowest BCUT2D eigenvalue weighted by Gasteiger charge is -2.08. The van der Waals surface area contributed by atoms with Crippen LogP contribution < -0.4 is 4.74 Å². The van der Waals surface area contributed by atoms with Crippen molar-refractivity contribution < 1.29 is 4.74 Å². The Balaban J connectivity index is 2.14. The van der Waals surface area contributed by atoms with Gasteiger partial charge in [-0.3, -0.25) is 0 Å².